The molecule has 12 nitrogen and oxygen atoms in total. The third-order valence-corrected chi connectivity index (χ3v) is 6.99. The summed E-state index contributed by atoms with van der Waals surface area (Å²) in [5.74, 6) is 0.224. The largest absolute Gasteiger partial charge is 0.516 e. The fourth-order valence-electron chi connectivity index (χ4n) is 3.69. The molecular formula is C30H29F3N4O8S. The Morgan fingerprint density at radius 1 is 0.891 bits per heavy atom. The van der Waals surface area contributed by atoms with Gasteiger partial charge in [-0.25, -0.2) is 24.6 Å². The molecule has 2 N–H and O–H groups in total. The monoisotopic (exact) mass is 662 g/mol. The minimum Gasteiger partial charge on any atom is -0.482 e. The number of halogens is 3. The molecule has 0 aliphatic carbocycles. The number of aldehydes is 1. The fraction of sp³-hybridized carbons (Fsp3) is 0.233. The number of hydrogen-bond acceptors (Lipinski definition) is 11. The molecule has 0 bridgehead atoms. The van der Waals surface area contributed by atoms with Crippen LogP contribution in [-0.4, -0.2) is 66.2 Å². The number of esters is 1. The Balaban J connectivity index is 0.00000107. The summed E-state index contributed by atoms with van der Waals surface area (Å²) in [7, 11) is -5.70. The molecule has 46 heavy (non-hydrogen) atoms. The van der Waals surface area contributed by atoms with E-state index in [-0.39, 0.29) is 48.5 Å². The van der Waals surface area contributed by atoms with Crippen molar-refractivity contribution in [2.45, 2.75) is 25.8 Å². The first-order chi connectivity index (χ1) is 21.9. The van der Waals surface area contributed by atoms with Gasteiger partial charge in [0.1, 0.15) is 18.6 Å². The second kappa shape index (κ2) is 16.4. The van der Waals surface area contributed by atoms with E-state index < -0.39 is 21.5 Å². The standard InChI is InChI=1S/C28H25F3N4O5S.C2H4O3/c1-3-18-9-11-19(12-10-18)25-32-26(20-13-15-21(16-14-20)40-17-24(36)39-4-2)34-27(33-25)22-7-5-6-8-23(22)35-41(37,38)28(29,30)31;3-1-2-5-4/h5-16,35H,3-4,17H2,1-2H3;1,4H,2H2. The summed E-state index contributed by atoms with van der Waals surface area (Å²) in [6.45, 7) is 3.41. The summed E-state index contributed by atoms with van der Waals surface area (Å²) >= 11 is 0. The number of sulfonamides is 1. The lowest BCUT2D eigenvalue weighted by molar-refractivity contribution is -0.234. The van der Waals surface area contributed by atoms with Crippen LogP contribution in [0, 0.1) is 0 Å². The average Bonchev–Trinajstić information content (AvgIpc) is 3.04. The van der Waals surface area contributed by atoms with Crippen molar-refractivity contribution in [1.82, 2.24) is 15.0 Å². The molecular weight excluding hydrogens is 633 g/mol. The molecule has 3 aromatic carbocycles. The van der Waals surface area contributed by atoms with Crippen LogP contribution in [0.4, 0.5) is 18.9 Å². The SMILES string of the molecule is CCOC(=O)COc1ccc(-c2nc(-c3ccc(CC)cc3)nc(-c3ccccc3NS(=O)(=O)C(F)(F)F)n2)cc1.O=CCOO. The van der Waals surface area contributed by atoms with Crippen molar-refractivity contribution >= 4 is 28.0 Å². The van der Waals surface area contributed by atoms with Gasteiger partial charge in [-0.1, -0.05) is 43.3 Å². The molecule has 1 heterocycles. The summed E-state index contributed by atoms with van der Waals surface area (Å²) in [5.41, 5.74) is -3.64. The van der Waals surface area contributed by atoms with Crippen molar-refractivity contribution in [3.05, 3.63) is 78.4 Å². The molecule has 0 aliphatic rings. The quantitative estimate of drug-likeness (QED) is 0.0873. The van der Waals surface area contributed by atoms with E-state index in [2.05, 4.69) is 19.8 Å². The Kier molecular flexibility index (Phi) is 12.7. The number of carbonyl (C=O) groups is 2. The molecule has 4 aromatic rings. The number of anilines is 1. The number of aryl methyl sites for hydroxylation is 1. The van der Waals surface area contributed by atoms with Crippen molar-refractivity contribution in [2.75, 3.05) is 24.5 Å². The first-order valence-corrected chi connectivity index (χ1v) is 15.0. The normalized spacial score (nSPS) is 11.2. The van der Waals surface area contributed by atoms with Gasteiger partial charge in [-0.3, -0.25) is 9.98 Å². The molecule has 0 radical (unpaired) electrons. The summed E-state index contributed by atoms with van der Waals surface area (Å²) in [6.07, 6.45) is 1.27. The Bertz CT molecular complexity index is 1720. The Morgan fingerprint density at radius 2 is 1.46 bits per heavy atom. The molecule has 16 heteroatoms. The zero-order valence-corrected chi connectivity index (χ0v) is 25.3. The number of alkyl halides is 3. The zero-order chi connectivity index (χ0) is 33.7. The van der Waals surface area contributed by atoms with E-state index in [9.17, 15) is 26.4 Å². The Labute approximate surface area is 262 Å². The average molecular weight is 663 g/mol. The molecule has 0 saturated heterocycles. The topological polar surface area (TPSA) is 167 Å². The molecule has 4 rings (SSSR count). The van der Waals surface area contributed by atoms with Gasteiger partial charge in [0.25, 0.3) is 0 Å². The highest BCUT2D eigenvalue weighted by Gasteiger charge is 2.46. The molecule has 1 aromatic heterocycles. The third-order valence-electron chi connectivity index (χ3n) is 5.89. The maximum atomic E-state index is 13.1. The minimum absolute atomic E-state index is 0.0183. The number of hydrogen-bond donors (Lipinski definition) is 2. The highest BCUT2D eigenvalue weighted by Crippen LogP contribution is 2.33. The van der Waals surface area contributed by atoms with Crippen molar-refractivity contribution in [2.24, 2.45) is 0 Å². The molecule has 0 spiro atoms. The van der Waals surface area contributed by atoms with Gasteiger partial charge in [-0.15, -0.1) is 0 Å². The van der Waals surface area contributed by atoms with Crippen molar-refractivity contribution in [3.8, 4) is 39.9 Å². The van der Waals surface area contributed by atoms with E-state index in [1.165, 1.54) is 24.3 Å². The molecule has 0 amide bonds. The predicted octanol–water partition coefficient (Wildman–Crippen LogP) is 5.31. The number of carbonyl (C=O) groups excluding carboxylic acids is 2. The zero-order valence-electron chi connectivity index (χ0n) is 24.5. The lowest BCUT2D eigenvalue weighted by Gasteiger charge is -2.14. The highest BCUT2D eigenvalue weighted by atomic mass is 32.2. The van der Waals surface area contributed by atoms with Crippen LogP contribution in [0.1, 0.15) is 19.4 Å². The second-order valence-electron chi connectivity index (χ2n) is 9.03. The third kappa shape index (κ3) is 9.79. The lowest BCUT2D eigenvalue weighted by atomic mass is 10.1. The van der Waals surface area contributed by atoms with Crippen molar-refractivity contribution in [3.63, 3.8) is 0 Å². The molecule has 0 saturated carbocycles. The summed E-state index contributed by atoms with van der Waals surface area (Å²) < 4.78 is 75.0. The Morgan fingerprint density at radius 3 is 1.96 bits per heavy atom. The van der Waals surface area contributed by atoms with Gasteiger partial charge in [-0.05, 0) is 55.3 Å². The van der Waals surface area contributed by atoms with Crippen LogP contribution < -0.4 is 9.46 Å². The van der Waals surface area contributed by atoms with Gasteiger partial charge < -0.3 is 14.3 Å². The predicted molar refractivity (Wildman–Crippen MR) is 161 cm³/mol. The number of benzene rings is 3. The van der Waals surface area contributed by atoms with Gasteiger partial charge >= 0.3 is 21.5 Å². The van der Waals surface area contributed by atoms with Gasteiger partial charge in [-0.2, -0.15) is 21.6 Å². The maximum Gasteiger partial charge on any atom is 0.516 e. The number of ether oxygens (including phenoxy) is 2. The van der Waals surface area contributed by atoms with Crippen LogP contribution in [0.2, 0.25) is 0 Å². The van der Waals surface area contributed by atoms with Crippen LogP contribution >= 0.6 is 0 Å². The van der Waals surface area contributed by atoms with E-state index in [0.717, 1.165) is 12.0 Å². The van der Waals surface area contributed by atoms with Gasteiger partial charge in [0.15, 0.2) is 24.1 Å². The molecule has 0 fully saturated rings. The minimum atomic E-state index is -5.70. The van der Waals surface area contributed by atoms with Gasteiger partial charge in [0.2, 0.25) is 0 Å². The van der Waals surface area contributed by atoms with Crippen LogP contribution in [0.25, 0.3) is 34.2 Å². The molecule has 0 atom stereocenters. The molecule has 244 valence electrons. The second-order valence-corrected chi connectivity index (χ2v) is 10.7. The van der Waals surface area contributed by atoms with E-state index >= 15 is 0 Å². The Hall–Kier alpha value is -4.93. The first kappa shape index (κ1) is 35.5. The van der Waals surface area contributed by atoms with Crippen LogP contribution in [0.3, 0.4) is 0 Å². The summed E-state index contributed by atoms with van der Waals surface area (Å²) in [5, 5.41) is 7.34. The van der Waals surface area contributed by atoms with E-state index in [0.29, 0.717) is 23.2 Å². The van der Waals surface area contributed by atoms with Crippen LogP contribution in [0.5, 0.6) is 5.75 Å². The number of aromatic nitrogens is 3. The van der Waals surface area contributed by atoms with Crippen LogP contribution in [0.15, 0.2) is 72.8 Å². The van der Waals surface area contributed by atoms with Crippen molar-refractivity contribution in [1.29, 1.82) is 0 Å². The van der Waals surface area contributed by atoms with Gasteiger partial charge in [0.05, 0.1) is 12.3 Å². The smallest absolute Gasteiger partial charge is 0.482 e. The van der Waals surface area contributed by atoms with E-state index in [1.807, 2.05) is 31.2 Å². The number of para-hydroxylation sites is 1. The summed E-state index contributed by atoms with van der Waals surface area (Å²) in [4.78, 5) is 37.5. The molecule has 0 aliphatic heterocycles. The first-order valence-electron chi connectivity index (χ1n) is 13.5. The van der Waals surface area contributed by atoms with E-state index in [4.69, 9.17) is 19.5 Å². The molecule has 0 unspecified atom stereocenters. The number of nitrogens with one attached hydrogen (secondary N) is 1. The lowest BCUT2D eigenvalue weighted by Crippen LogP contribution is -2.30. The van der Waals surface area contributed by atoms with Crippen LogP contribution in [-0.2, 0) is 35.7 Å². The number of rotatable bonds is 12. The maximum absolute atomic E-state index is 13.1. The van der Waals surface area contributed by atoms with Gasteiger partial charge in [0, 0.05) is 16.7 Å². The summed E-state index contributed by atoms with van der Waals surface area (Å²) in [6, 6.07) is 19.4. The fourth-order valence-corrected chi connectivity index (χ4v) is 4.27. The van der Waals surface area contributed by atoms with E-state index in [1.54, 1.807) is 35.9 Å². The van der Waals surface area contributed by atoms with Crippen molar-refractivity contribution < 1.29 is 50.8 Å². The highest BCUT2D eigenvalue weighted by molar-refractivity contribution is 7.93. The number of nitrogens with zero attached hydrogens (tertiary/aromatic N) is 3.